The summed E-state index contributed by atoms with van der Waals surface area (Å²) in [5.74, 6) is 0.772. The first kappa shape index (κ1) is 14.2. The van der Waals surface area contributed by atoms with Gasteiger partial charge in [0, 0.05) is 0 Å². The van der Waals surface area contributed by atoms with E-state index in [0.29, 0.717) is 28.3 Å². The molecule has 2 aromatic carbocycles. The Kier molecular flexibility index (Phi) is 3.74. The maximum absolute atomic E-state index is 14.3. The summed E-state index contributed by atoms with van der Waals surface area (Å²) >= 11 is 11.8. The van der Waals surface area contributed by atoms with Crippen molar-refractivity contribution in [3.8, 4) is 11.4 Å². The third-order valence-electron chi connectivity index (χ3n) is 3.23. The minimum absolute atomic E-state index is 0.0535. The Labute approximate surface area is 130 Å². The molecule has 0 aliphatic carbocycles. The van der Waals surface area contributed by atoms with Gasteiger partial charge in [0.05, 0.1) is 29.2 Å². The molecule has 0 saturated carbocycles. The van der Waals surface area contributed by atoms with Crippen LogP contribution in [0.4, 0.5) is 4.39 Å². The largest absolute Gasteiger partial charge is 0.494 e. The average molecular weight is 325 g/mol. The molecule has 3 aromatic rings. The number of nitrogens with zero attached hydrogens (tertiary/aromatic N) is 2. The smallest absolute Gasteiger partial charge is 0.165 e. The zero-order chi connectivity index (χ0) is 15.0. The van der Waals surface area contributed by atoms with Crippen molar-refractivity contribution in [3.05, 3.63) is 53.1 Å². The van der Waals surface area contributed by atoms with Gasteiger partial charge in [0.1, 0.15) is 17.1 Å². The lowest BCUT2D eigenvalue weighted by atomic mass is 10.2. The monoisotopic (exact) mass is 324 g/mol. The Morgan fingerprint density at radius 2 is 2.00 bits per heavy atom. The van der Waals surface area contributed by atoms with E-state index < -0.39 is 5.82 Å². The molecule has 3 rings (SSSR count). The predicted molar refractivity (Wildman–Crippen MR) is 82.1 cm³/mol. The molecule has 0 aliphatic rings. The standard InChI is InChI=1S/C15H11Cl2FN2O/c1-21-12-7-3-6-11-15(12)19-13(8-16)20(11)10-5-2-4-9(17)14(10)18/h2-7H,8H2,1H3. The molecule has 0 saturated heterocycles. The van der Waals surface area contributed by atoms with E-state index in [0.717, 1.165) is 0 Å². The van der Waals surface area contributed by atoms with Crippen LogP contribution in [0, 0.1) is 5.82 Å². The van der Waals surface area contributed by atoms with E-state index in [9.17, 15) is 4.39 Å². The highest BCUT2D eigenvalue weighted by Crippen LogP contribution is 2.31. The van der Waals surface area contributed by atoms with Crippen LogP contribution in [0.1, 0.15) is 5.82 Å². The highest BCUT2D eigenvalue weighted by atomic mass is 35.5. The molecule has 0 N–H and O–H groups in total. The van der Waals surface area contributed by atoms with Gasteiger partial charge in [-0.25, -0.2) is 9.37 Å². The van der Waals surface area contributed by atoms with Gasteiger partial charge in [-0.3, -0.25) is 4.57 Å². The molecule has 3 nitrogen and oxygen atoms in total. The second kappa shape index (κ2) is 5.54. The molecule has 108 valence electrons. The van der Waals surface area contributed by atoms with Gasteiger partial charge in [-0.1, -0.05) is 23.7 Å². The molecule has 0 atom stereocenters. The van der Waals surface area contributed by atoms with E-state index in [1.54, 1.807) is 29.9 Å². The summed E-state index contributed by atoms with van der Waals surface area (Å²) < 4.78 is 21.3. The molecular weight excluding hydrogens is 314 g/mol. The number of hydrogen-bond donors (Lipinski definition) is 0. The number of fused-ring (bicyclic) bond motifs is 1. The summed E-state index contributed by atoms with van der Waals surface area (Å²) in [5.41, 5.74) is 1.66. The lowest BCUT2D eigenvalue weighted by Crippen LogP contribution is -2.02. The Morgan fingerprint density at radius 1 is 1.24 bits per heavy atom. The summed E-state index contributed by atoms with van der Waals surface area (Å²) in [6, 6.07) is 10.3. The molecule has 1 aromatic heterocycles. The maximum atomic E-state index is 14.3. The molecule has 0 radical (unpaired) electrons. The van der Waals surface area contributed by atoms with Crippen LogP contribution in [-0.4, -0.2) is 16.7 Å². The van der Waals surface area contributed by atoms with Gasteiger partial charge in [0.2, 0.25) is 0 Å². The first-order valence-electron chi connectivity index (χ1n) is 6.22. The number of benzene rings is 2. The second-order valence-electron chi connectivity index (χ2n) is 4.40. The molecular formula is C15H11Cl2FN2O. The van der Waals surface area contributed by atoms with Crippen molar-refractivity contribution in [2.75, 3.05) is 7.11 Å². The van der Waals surface area contributed by atoms with Crippen LogP contribution in [0.25, 0.3) is 16.7 Å². The number of hydrogen-bond acceptors (Lipinski definition) is 2. The number of halogens is 3. The molecule has 0 amide bonds. The predicted octanol–water partition coefficient (Wildman–Crippen LogP) is 4.57. The first-order chi connectivity index (χ1) is 10.2. The van der Waals surface area contributed by atoms with Crippen molar-refractivity contribution in [2.45, 2.75) is 5.88 Å². The van der Waals surface area contributed by atoms with Crippen molar-refractivity contribution in [3.63, 3.8) is 0 Å². The van der Waals surface area contributed by atoms with Gasteiger partial charge >= 0.3 is 0 Å². The number of aromatic nitrogens is 2. The minimum Gasteiger partial charge on any atom is -0.494 e. The van der Waals surface area contributed by atoms with Gasteiger partial charge in [0.25, 0.3) is 0 Å². The van der Waals surface area contributed by atoms with E-state index in [1.165, 1.54) is 6.07 Å². The molecule has 0 bridgehead atoms. The molecule has 0 aliphatic heterocycles. The van der Waals surface area contributed by atoms with Gasteiger partial charge in [0.15, 0.2) is 5.82 Å². The van der Waals surface area contributed by atoms with Gasteiger partial charge in [-0.2, -0.15) is 0 Å². The van der Waals surface area contributed by atoms with Crippen LogP contribution in [0.15, 0.2) is 36.4 Å². The van der Waals surface area contributed by atoms with Gasteiger partial charge < -0.3 is 4.74 Å². The highest BCUT2D eigenvalue weighted by molar-refractivity contribution is 6.30. The molecule has 1 heterocycles. The third kappa shape index (κ3) is 2.24. The van der Waals surface area contributed by atoms with E-state index in [1.807, 2.05) is 12.1 Å². The van der Waals surface area contributed by atoms with E-state index in [-0.39, 0.29) is 10.9 Å². The Bertz CT molecular complexity index is 817. The normalized spacial score (nSPS) is 11.0. The van der Waals surface area contributed by atoms with Crippen molar-refractivity contribution in [1.82, 2.24) is 9.55 Å². The summed E-state index contributed by atoms with van der Waals surface area (Å²) in [5, 5.41) is 0.0535. The topological polar surface area (TPSA) is 27.1 Å². The van der Waals surface area contributed by atoms with E-state index in [2.05, 4.69) is 4.98 Å². The van der Waals surface area contributed by atoms with Gasteiger partial charge in [-0.05, 0) is 24.3 Å². The van der Waals surface area contributed by atoms with Crippen LogP contribution >= 0.6 is 23.2 Å². The number of rotatable bonds is 3. The molecule has 21 heavy (non-hydrogen) atoms. The number of alkyl halides is 1. The third-order valence-corrected chi connectivity index (χ3v) is 3.76. The molecule has 0 spiro atoms. The van der Waals surface area contributed by atoms with Crippen molar-refractivity contribution in [2.24, 2.45) is 0 Å². The summed E-state index contributed by atoms with van der Waals surface area (Å²) in [4.78, 5) is 4.45. The van der Waals surface area contributed by atoms with Crippen LogP contribution < -0.4 is 4.74 Å². The SMILES string of the molecule is COc1cccc2c1nc(CCl)n2-c1cccc(Cl)c1F. The van der Waals surface area contributed by atoms with Crippen molar-refractivity contribution >= 4 is 34.2 Å². The quantitative estimate of drug-likeness (QED) is 0.660. The lowest BCUT2D eigenvalue weighted by Gasteiger charge is -2.10. The summed E-state index contributed by atoms with van der Waals surface area (Å²) in [6.07, 6.45) is 0. The zero-order valence-electron chi connectivity index (χ0n) is 11.1. The molecule has 6 heteroatoms. The van der Waals surface area contributed by atoms with E-state index >= 15 is 0 Å². The Balaban J connectivity index is 2.38. The zero-order valence-corrected chi connectivity index (χ0v) is 12.6. The minimum atomic E-state index is -0.507. The highest BCUT2D eigenvalue weighted by Gasteiger charge is 2.18. The Hall–Kier alpha value is -1.78. The average Bonchev–Trinajstić information content (AvgIpc) is 2.88. The Morgan fingerprint density at radius 3 is 2.71 bits per heavy atom. The van der Waals surface area contributed by atoms with Crippen molar-refractivity contribution in [1.29, 1.82) is 0 Å². The molecule has 0 fully saturated rings. The molecule has 0 unspecified atom stereocenters. The summed E-state index contributed by atoms with van der Waals surface area (Å²) in [7, 11) is 1.56. The maximum Gasteiger partial charge on any atom is 0.165 e. The van der Waals surface area contributed by atoms with Crippen LogP contribution in [0.5, 0.6) is 5.75 Å². The number of imidazole rings is 1. The first-order valence-corrected chi connectivity index (χ1v) is 7.13. The van der Waals surface area contributed by atoms with Crippen LogP contribution in [-0.2, 0) is 5.88 Å². The van der Waals surface area contributed by atoms with Crippen LogP contribution in [0.3, 0.4) is 0 Å². The fraction of sp³-hybridized carbons (Fsp3) is 0.133. The summed E-state index contributed by atoms with van der Waals surface area (Å²) in [6.45, 7) is 0. The fourth-order valence-corrected chi connectivity index (χ4v) is 2.66. The van der Waals surface area contributed by atoms with E-state index in [4.69, 9.17) is 27.9 Å². The lowest BCUT2D eigenvalue weighted by molar-refractivity contribution is 0.419. The van der Waals surface area contributed by atoms with Gasteiger partial charge in [-0.15, -0.1) is 11.6 Å². The van der Waals surface area contributed by atoms with Crippen molar-refractivity contribution < 1.29 is 9.13 Å². The number of para-hydroxylation sites is 1. The van der Waals surface area contributed by atoms with Crippen LogP contribution in [0.2, 0.25) is 5.02 Å². The number of methoxy groups -OCH3 is 1. The fourth-order valence-electron chi connectivity index (χ4n) is 2.31. The number of ether oxygens (including phenoxy) is 1. The second-order valence-corrected chi connectivity index (χ2v) is 5.07.